The Labute approximate surface area is 151 Å². The first-order chi connectivity index (χ1) is 11.6. The van der Waals surface area contributed by atoms with E-state index in [-0.39, 0.29) is 18.2 Å². The summed E-state index contributed by atoms with van der Waals surface area (Å²) in [5.74, 6) is -0.121. The molecule has 1 aliphatic heterocycles. The van der Waals surface area contributed by atoms with Gasteiger partial charge in [-0.2, -0.15) is 0 Å². The molecule has 1 aromatic carbocycles. The van der Waals surface area contributed by atoms with Crippen molar-refractivity contribution in [3.8, 4) is 0 Å². The molecule has 1 aromatic rings. The molecule has 1 N–H and O–H groups in total. The summed E-state index contributed by atoms with van der Waals surface area (Å²) in [6.07, 6.45) is 0.282. The van der Waals surface area contributed by atoms with E-state index in [9.17, 15) is 9.59 Å². The molecule has 0 aliphatic carbocycles. The Bertz CT molecular complexity index is 562. The van der Waals surface area contributed by atoms with Gasteiger partial charge in [0.25, 0.3) is 0 Å². The fourth-order valence-electron chi connectivity index (χ4n) is 2.60. The number of amides is 2. The number of halogens is 1. The summed E-state index contributed by atoms with van der Waals surface area (Å²) in [6.45, 7) is 6.66. The van der Waals surface area contributed by atoms with Crippen molar-refractivity contribution >= 4 is 33.4 Å². The van der Waals surface area contributed by atoms with E-state index >= 15 is 0 Å². The zero-order valence-electron chi connectivity index (χ0n) is 14.0. The molecule has 0 aromatic heterocycles. The average molecular weight is 398 g/mol. The summed E-state index contributed by atoms with van der Waals surface area (Å²) in [6, 6.07) is 7.51. The quantitative estimate of drug-likeness (QED) is 0.759. The maximum atomic E-state index is 12.0. The van der Waals surface area contributed by atoms with Crippen LogP contribution in [0.3, 0.4) is 0 Å². The second kappa shape index (κ2) is 9.76. The molecule has 1 fully saturated rings. The van der Waals surface area contributed by atoms with Crippen molar-refractivity contribution < 1.29 is 14.3 Å². The summed E-state index contributed by atoms with van der Waals surface area (Å²) >= 11 is 3.45. The van der Waals surface area contributed by atoms with Gasteiger partial charge in [-0.05, 0) is 28.1 Å². The lowest BCUT2D eigenvalue weighted by Crippen LogP contribution is -2.42. The monoisotopic (exact) mass is 397 g/mol. The van der Waals surface area contributed by atoms with Gasteiger partial charge in [-0.25, -0.2) is 0 Å². The zero-order valence-corrected chi connectivity index (χ0v) is 15.5. The third-order valence-corrected chi connectivity index (χ3v) is 4.61. The fourth-order valence-corrected chi connectivity index (χ4v) is 3.10. The molecule has 0 saturated carbocycles. The van der Waals surface area contributed by atoms with Gasteiger partial charge in [-0.3, -0.25) is 14.5 Å². The molecular weight excluding hydrogens is 374 g/mol. The maximum absolute atomic E-state index is 12.0. The van der Waals surface area contributed by atoms with E-state index in [1.807, 2.05) is 24.3 Å². The Morgan fingerprint density at radius 1 is 1.29 bits per heavy atom. The number of morpholine rings is 1. The molecule has 1 saturated heterocycles. The van der Waals surface area contributed by atoms with Crippen LogP contribution in [0.5, 0.6) is 0 Å². The van der Waals surface area contributed by atoms with E-state index in [2.05, 4.69) is 26.1 Å². The Hall–Kier alpha value is -1.44. The van der Waals surface area contributed by atoms with Gasteiger partial charge in [-0.1, -0.05) is 12.1 Å². The van der Waals surface area contributed by atoms with Gasteiger partial charge in [0, 0.05) is 50.5 Å². The van der Waals surface area contributed by atoms with Gasteiger partial charge in [0.15, 0.2) is 0 Å². The SMILES string of the molecule is CC(=O)N(CCC(=O)NCCN1CCOCC1)c1ccccc1Br. The molecular formula is C17H24BrN3O3. The van der Waals surface area contributed by atoms with Crippen LogP contribution in [0.1, 0.15) is 13.3 Å². The molecule has 132 valence electrons. The van der Waals surface area contributed by atoms with Gasteiger partial charge >= 0.3 is 0 Å². The number of rotatable bonds is 7. The molecule has 0 unspecified atom stereocenters. The number of anilines is 1. The molecule has 2 amide bonds. The van der Waals surface area contributed by atoms with Gasteiger partial charge in [-0.15, -0.1) is 0 Å². The second-order valence-electron chi connectivity index (χ2n) is 5.68. The Morgan fingerprint density at radius 2 is 2.00 bits per heavy atom. The van der Waals surface area contributed by atoms with Crippen LogP contribution in [0.15, 0.2) is 28.7 Å². The second-order valence-corrected chi connectivity index (χ2v) is 6.53. The van der Waals surface area contributed by atoms with Crippen LogP contribution in [0.4, 0.5) is 5.69 Å². The number of ether oxygens (including phenoxy) is 1. The molecule has 0 radical (unpaired) electrons. The molecule has 1 aliphatic rings. The summed E-state index contributed by atoms with van der Waals surface area (Å²) < 4.78 is 6.14. The summed E-state index contributed by atoms with van der Waals surface area (Å²) in [5.41, 5.74) is 0.783. The van der Waals surface area contributed by atoms with E-state index in [0.29, 0.717) is 13.1 Å². The van der Waals surface area contributed by atoms with Crippen LogP contribution in [-0.4, -0.2) is 62.7 Å². The van der Waals surface area contributed by atoms with E-state index < -0.39 is 0 Å². The largest absolute Gasteiger partial charge is 0.379 e. The molecule has 2 rings (SSSR count). The van der Waals surface area contributed by atoms with E-state index in [1.54, 1.807) is 4.90 Å². The van der Waals surface area contributed by atoms with Crippen LogP contribution in [0, 0.1) is 0 Å². The normalized spacial score (nSPS) is 15.1. The highest BCUT2D eigenvalue weighted by Crippen LogP contribution is 2.25. The summed E-state index contributed by atoms with van der Waals surface area (Å²) in [5, 5.41) is 2.92. The number of carbonyl (C=O) groups is 2. The molecule has 0 spiro atoms. The third-order valence-electron chi connectivity index (χ3n) is 3.94. The minimum Gasteiger partial charge on any atom is -0.379 e. The molecule has 1 heterocycles. The number of carbonyl (C=O) groups excluding carboxylic acids is 2. The minimum absolute atomic E-state index is 0.0402. The lowest BCUT2D eigenvalue weighted by Gasteiger charge is -2.26. The van der Waals surface area contributed by atoms with Crippen molar-refractivity contribution in [2.24, 2.45) is 0 Å². The number of hydrogen-bond acceptors (Lipinski definition) is 4. The first-order valence-electron chi connectivity index (χ1n) is 8.17. The van der Waals surface area contributed by atoms with Crippen molar-refractivity contribution in [1.82, 2.24) is 10.2 Å². The number of para-hydroxylation sites is 1. The molecule has 7 heteroatoms. The van der Waals surface area contributed by atoms with Crippen molar-refractivity contribution in [1.29, 1.82) is 0 Å². The van der Waals surface area contributed by atoms with Crippen LogP contribution < -0.4 is 10.2 Å². The van der Waals surface area contributed by atoms with E-state index in [0.717, 1.165) is 43.0 Å². The lowest BCUT2D eigenvalue weighted by atomic mass is 10.2. The number of nitrogens with zero attached hydrogens (tertiary/aromatic N) is 2. The number of nitrogens with one attached hydrogen (secondary N) is 1. The van der Waals surface area contributed by atoms with Gasteiger partial charge < -0.3 is 15.0 Å². The Morgan fingerprint density at radius 3 is 2.67 bits per heavy atom. The van der Waals surface area contributed by atoms with E-state index in [1.165, 1.54) is 6.92 Å². The predicted octanol–water partition coefficient (Wildman–Crippen LogP) is 1.64. The number of hydrogen-bond donors (Lipinski definition) is 1. The smallest absolute Gasteiger partial charge is 0.223 e. The molecule has 6 nitrogen and oxygen atoms in total. The van der Waals surface area contributed by atoms with Crippen LogP contribution in [0.2, 0.25) is 0 Å². The number of benzene rings is 1. The highest BCUT2D eigenvalue weighted by molar-refractivity contribution is 9.10. The van der Waals surface area contributed by atoms with Crippen molar-refractivity contribution in [2.45, 2.75) is 13.3 Å². The van der Waals surface area contributed by atoms with Crippen molar-refractivity contribution in [2.75, 3.05) is 50.8 Å². The average Bonchev–Trinajstić information content (AvgIpc) is 2.57. The van der Waals surface area contributed by atoms with Crippen LogP contribution >= 0.6 is 15.9 Å². The Balaban J connectivity index is 1.76. The third kappa shape index (κ3) is 5.89. The molecule has 0 bridgehead atoms. The van der Waals surface area contributed by atoms with E-state index in [4.69, 9.17) is 4.74 Å². The predicted molar refractivity (Wildman–Crippen MR) is 97.1 cm³/mol. The van der Waals surface area contributed by atoms with Gasteiger partial charge in [0.1, 0.15) is 0 Å². The Kier molecular flexibility index (Phi) is 7.68. The molecule has 0 atom stereocenters. The standard InChI is InChI=1S/C17H24BrN3O3/c1-14(22)21(16-5-3-2-4-15(16)18)8-6-17(23)19-7-9-20-10-12-24-13-11-20/h2-5H,6-13H2,1H3,(H,19,23). The summed E-state index contributed by atoms with van der Waals surface area (Å²) in [4.78, 5) is 27.8. The molecule has 24 heavy (non-hydrogen) atoms. The van der Waals surface area contributed by atoms with Gasteiger partial charge in [0.05, 0.1) is 18.9 Å². The maximum Gasteiger partial charge on any atom is 0.223 e. The summed E-state index contributed by atoms with van der Waals surface area (Å²) in [7, 11) is 0. The van der Waals surface area contributed by atoms with Crippen molar-refractivity contribution in [3.63, 3.8) is 0 Å². The highest BCUT2D eigenvalue weighted by Gasteiger charge is 2.16. The van der Waals surface area contributed by atoms with Crippen LogP contribution in [-0.2, 0) is 14.3 Å². The highest BCUT2D eigenvalue weighted by atomic mass is 79.9. The lowest BCUT2D eigenvalue weighted by molar-refractivity contribution is -0.121. The van der Waals surface area contributed by atoms with Crippen LogP contribution in [0.25, 0.3) is 0 Å². The van der Waals surface area contributed by atoms with Gasteiger partial charge in [0.2, 0.25) is 11.8 Å². The topological polar surface area (TPSA) is 61.9 Å². The minimum atomic E-state index is -0.0805. The zero-order chi connectivity index (χ0) is 17.4. The first-order valence-corrected chi connectivity index (χ1v) is 8.96. The fraction of sp³-hybridized carbons (Fsp3) is 0.529. The van der Waals surface area contributed by atoms with Crippen molar-refractivity contribution in [3.05, 3.63) is 28.7 Å². The first kappa shape index (κ1) is 18.9.